The summed E-state index contributed by atoms with van der Waals surface area (Å²) in [7, 11) is 1.59. The van der Waals surface area contributed by atoms with Crippen molar-refractivity contribution in [2.45, 2.75) is 13.0 Å². The van der Waals surface area contributed by atoms with E-state index in [1.165, 1.54) is 0 Å². The Kier molecular flexibility index (Phi) is 5.41. The molecule has 0 unspecified atom stereocenters. The molecule has 0 aliphatic heterocycles. The SMILES string of the molecule is COc1cc([C@H](C)O)ccc1OCC=Cc1ccccc1. The normalized spacial score (nSPS) is 12.3. The first kappa shape index (κ1) is 15.1. The summed E-state index contributed by atoms with van der Waals surface area (Å²) in [5.74, 6) is 1.29. The minimum Gasteiger partial charge on any atom is -0.493 e. The molecule has 0 aliphatic carbocycles. The lowest BCUT2D eigenvalue weighted by atomic mass is 10.1. The Labute approximate surface area is 125 Å². The van der Waals surface area contributed by atoms with Crippen molar-refractivity contribution in [2.24, 2.45) is 0 Å². The third-order valence-electron chi connectivity index (χ3n) is 3.12. The Morgan fingerprint density at radius 2 is 1.86 bits per heavy atom. The van der Waals surface area contributed by atoms with Crippen LogP contribution in [0.5, 0.6) is 11.5 Å². The van der Waals surface area contributed by atoms with Gasteiger partial charge in [0.1, 0.15) is 6.61 Å². The van der Waals surface area contributed by atoms with Gasteiger partial charge in [0, 0.05) is 0 Å². The zero-order chi connectivity index (χ0) is 15.1. The molecule has 110 valence electrons. The molecule has 1 N–H and O–H groups in total. The van der Waals surface area contributed by atoms with Crippen molar-refractivity contribution in [1.29, 1.82) is 0 Å². The van der Waals surface area contributed by atoms with Gasteiger partial charge in [-0.15, -0.1) is 0 Å². The minimum absolute atomic E-state index is 0.458. The van der Waals surface area contributed by atoms with Gasteiger partial charge < -0.3 is 14.6 Å². The van der Waals surface area contributed by atoms with E-state index in [9.17, 15) is 5.11 Å². The summed E-state index contributed by atoms with van der Waals surface area (Å²) in [5.41, 5.74) is 1.94. The Bertz CT molecular complexity index is 589. The molecule has 0 aliphatic rings. The van der Waals surface area contributed by atoms with Gasteiger partial charge in [0.25, 0.3) is 0 Å². The molecule has 0 saturated carbocycles. The second kappa shape index (κ2) is 7.50. The highest BCUT2D eigenvalue weighted by Gasteiger charge is 2.08. The van der Waals surface area contributed by atoms with Crippen molar-refractivity contribution in [3.8, 4) is 11.5 Å². The predicted octanol–water partition coefficient (Wildman–Crippen LogP) is 3.84. The van der Waals surface area contributed by atoms with Crippen LogP contribution in [-0.2, 0) is 0 Å². The minimum atomic E-state index is -0.522. The van der Waals surface area contributed by atoms with Crippen molar-refractivity contribution in [1.82, 2.24) is 0 Å². The average Bonchev–Trinajstić information content (AvgIpc) is 2.52. The molecular formula is C18H20O3. The first-order chi connectivity index (χ1) is 10.2. The summed E-state index contributed by atoms with van der Waals surface area (Å²) < 4.78 is 11.0. The molecule has 0 saturated heterocycles. The lowest BCUT2D eigenvalue weighted by Gasteiger charge is -2.12. The van der Waals surface area contributed by atoms with Crippen LogP contribution >= 0.6 is 0 Å². The number of aliphatic hydroxyl groups is 1. The second-order valence-corrected chi connectivity index (χ2v) is 4.71. The highest BCUT2D eigenvalue weighted by molar-refractivity contribution is 5.49. The maximum absolute atomic E-state index is 9.57. The van der Waals surface area contributed by atoms with Crippen molar-refractivity contribution >= 4 is 6.08 Å². The summed E-state index contributed by atoms with van der Waals surface area (Å²) in [6, 6.07) is 15.5. The van der Waals surface area contributed by atoms with Crippen LogP contribution in [0.25, 0.3) is 6.08 Å². The van der Waals surface area contributed by atoms with Gasteiger partial charge in [0.05, 0.1) is 13.2 Å². The molecule has 0 amide bonds. The van der Waals surface area contributed by atoms with E-state index < -0.39 is 6.10 Å². The van der Waals surface area contributed by atoms with E-state index in [0.717, 1.165) is 11.1 Å². The number of rotatable bonds is 6. The highest BCUT2D eigenvalue weighted by atomic mass is 16.5. The van der Waals surface area contributed by atoms with Crippen molar-refractivity contribution in [2.75, 3.05) is 13.7 Å². The summed E-state index contributed by atoms with van der Waals surface area (Å²) in [5, 5.41) is 9.57. The molecule has 1 atom stereocenters. The Balaban J connectivity index is 1.98. The first-order valence-corrected chi connectivity index (χ1v) is 6.91. The second-order valence-electron chi connectivity index (χ2n) is 4.71. The van der Waals surface area contributed by atoms with Crippen LogP contribution in [0.4, 0.5) is 0 Å². The highest BCUT2D eigenvalue weighted by Crippen LogP contribution is 2.30. The van der Waals surface area contributed by atoms with E-state index in [-0.39, 0.29) is 0 Å². The van der Waals surface area contributed by atoms with Crippen LogP contribution in [0.15, 0.2) is 54.6 Å². The largest absolute Gasteiger partial charge is 0.493 e. The van der Waals surface area contributed by atoms with E-state index >= 15 is 0 Å². The number of ether oxygens (including phenoxy) is 2. The lowest BCUT2D eigenvalue weighted by Crippen LogP contribution is -1.98. The Morgan fingerprint density at radius 3 is 2.52 bits per heavy atom. The number of methoxy groups -OCH3 is 1. The zero-order valence-corrected chi connectivity index (χ0v) is 12.3. The van der Waals surface area contributed by atoms with Crippen molar-refractivity contribution in [3.63, 3.8) is 0 Å². The third-order valence-corrected chi connectivity index (χ3v) is 3.12. The molecule has 2 rings (SSSR count). The first-order valence-electron chi connectivity index (χ1n) is 6.91. The van der Waals surface area contributed by atoms with Crippen molar-refractivity contribution in [3.05, 3.63) is 65.7 Å². The average molecular weight is 284 g/mol. The van der Waals surface area contributed by atoms with Gasteiger partial charge in [-0.2, -0.15) is 0 Å². The third kappa shape index (κ3) is 4.36. The van der Waals surface area contributed by atoms with E-state index in [1.807, 2.05) is 54.6 Å². The molecule has 3 heteroatoms. The van der Waals surface area contributed by atoms with Crippen LogP contribution in [0.2, 0.25) is 0 Å². The molecule has 0 heterocycles. The molecule has 0 fully saturated rings. The smallest absolute Gasteiger partial charge is 0.161 e. The van der Waals surface area contributed by atoms with E-state index in [4.69, 9.17) is 9.47 Å². The molecule has 2 aromatic rings. The maximum Gasteiger partial charge on any atom is 0.161 e. The van der Waals surface area contributed by atoms with Crippen LogP contribution in [-0.4, -0.2) is 18.8 Å². The molecule has 0 spiro atoms. The fraction of sp³-hybridized carbons (Fsp3) is 0.222. The van der Waals surface area contributed by atoms with Gasteiger partial charge in [-0.05, 0) is 36.3 Å². The zero-order valence-electron chi connectivity index (χ0n) is 12.3. The monoisotopic (exact) mass is 284 g/mol. The van der Waals surface area contributed by atoms with E-state index in [2.05, 4.69) is 0 Å². The number of aliphatic hydroxyl groups excluding tert-OH is 1. The fourth-order valence-corrected chi connectivity index (χ4v) is 1.95. The van der Waals surface area contributed by atoms with Gasteiger partial charge in [0.15, 0.2) is 11.5 Å². The molecule has 2 aromatic carbocycles. The van der Waals surface area contributed by atoms with Crippen molar-refractivity contribution < 1.29 is 14.6 Å². The summed E-state index contributed by atoms with van der Waals surface area (Å²) in [6.45, 7) is 2.18. The van der Waals surface area contributed by atoms with Gasteiger partial charge in [0.2, 0.25) is 0 Å². The Morgan fingerprint density at radius 1 is 1.10 bits per heavy atom. The van der Waals surface area contributed by atoms with Gasteiger partial charge in [-0.3, -0.25) is 0 Å². The van der Waals surface area contributed by atoms with E-state index in [0.29, 0.717) is 18.1 Å². The Hall–Kier alpha value is -2.26. The summed E-state index contributed by atoms with van der Waals surface area (Å²) in [4.78, 5) is 0. The van der Waals surface area contributed by atoms with Gasteiger partial charge in [-0.25, -0.2) is 0 Å². The van der Waals surface area contributed by atoms with Crippen LogP contribution in [0.1, 0.15) is 24.2 Å². The number of benzene rings is 2. The summed E-state index contributed by atoms with van der Waals surface area (Å²) >= 11 is 0. The van der Waals surface area contributed by atoms with Crippen LogP contribution in [0.3, 0.4) is 0 Å². The maximum atomic E-state index is 9.57. The lowest BCUT2D eigenvalue weighted by molar-refractivity contribution is 0.198. The molecule has 21 heavy (non-hydrogen) atoms. The molecule has 0 bridgehead atoms. The topological polar surface area (TPSA) is 38.7 Å². The van der Waals surface area contributed by atoms with Crippen LogP contribution < -0.4 is 9.47 Å². The quantitative estimate of drug-likeness (QED) is 0.876. The number of hydrogen-bond acceptors (Lipinski definition) is 3. The van der Waals surface area contributed by atoms with E-state index in [1.54, 1.807) is 20.1 Å². The standard InChI is InChI=1S/C18H20O3/c1-14(19)16-10-11-17(18(13-16)20-2)21-12-6-9-15-7-4-3-5-8-15/h3-11,13-14,19H,12H2,1-2H3/t14-/m0/s1. The number of hydrogen-bond donors (Lipinski definition) is 1. The van der Waals surface area contributed by atoms with Crippen LogP contribution in [0, 0.1) is 0 Å². The molecule has 3 nitrogen and oxygen atoms in total. The molecule has 0 aromatic heterocycles. The molecule has 0 radical (unpaired) electrons. The molecular weight excluding hydrogens is 264 g/mol. The summed E-state index contributed by atoms with van der Waals surface area (Å²) in [6.07, 6.45) is 3.44. The van der Waals surface area contributed by atoms with Gasteiger partial charge >= 0.3 is 0 Å². The van der Waals surface area contributed by atoms with Gasteiger partial charge in [-0.1, -0.05) is 42.5 Å². The predicted molar refractivity (Wildman–Crippen MR) is 84.6 cm³/mol. The fourth-order valence-electron chi connectivity index (χ4n) is 1.95.